The van der Waals surface area contributed by atoms with Crippen molar-refractivity contribution in [1.29, 1.82) is 0 Å². The molecular formula is C28H23N3O6. The molecule has 1 atom stereocenters. The van der Waals surface area contributed by atoms with Crippen molar-refractivity contribution >= 4 is 33.6 Å². The standard InChI is InChI=1S/C28H23N3O6/c32-25(14-19(28(34)35)12-13-31-27(33)22-8-4-5-9-24(22)29-30-31)23-17-37-26-15-20(10-11-21(23)26)36-16-18-6-2-1-3-7-18/h1-11,15,17,19H,12-14,16H2,(H,34,35). The zero-order valence-electron chi connectivity index (χ0n) is 19.7. The SMILES string of the molecule is O=C(CC(CCn1nnc2ccccc2c1=O)C(=O)O)c1coc2cc(OCc3ccccc3)ccc12. The quantitative estimate of drug-likeness (QED) is 0.280. The van der Waals surface area contributed by atoms with Crippen molar-refractivity contribution in [1.82, 2.24) is 15.0 Å². The van der Waals surface area contributed by atoms with Crippen LogP contribution in [0.1, 0.15) is 28.8 Å². The highest BCUT2D eigenvalue weighted by molar-refractivity contribution is 6.08. The number of ketones is 1. The molecule has 2 aromatic heterocycles. The van der Waals surface area contributed by atoms with E-state index in [0.717, 1.165) is 10.2 Å². The van der Waals surface area contributed by atoms with Crippen molar-refractivity contribution < 1.29 is 23.8 Å². The zero-order chi connectivity index (χ0) is 25.8. The van der Waals surface area contributed by atoms with Gasteiger partial charge in [0.05, 0.1) is 16.9 Å². The molecule has 186 valence electrons. The molecule has 3 aromatic carbocycles. The number of fused-ring (bicyclic) bond motifs is 2. The van der Waals surface area contributed by atoms with E-state index in [0.29, 0.717) is 39.8 Å². The molecule has 37 heavy (non-hydrogen) atoms. The van der Waals surface area contributed by atoms with Crippen LogP contribution >= 0.6 is 0 Å². The molecule has 0 spiro atoms. The first-order chi connectivity index (χ1) is 18.0. The Bertz CT molecular complexity index is 1640. The van der Waals surface area contributed by atoms with Crippen LogP contribution in [0.25, 0.3) is 21.9 Å². The van der Waals surface area contributed by atoms with Crippen LogP contribution in [0.3, 0.4) is 0 Å². The summed E-state index contributed by atoms with van der Waals surface area (Å²) in [5, 5.41) is 18.6. The third-order valence-corrected chi connectivity index (χ3v) is 6.20. The number of carbonyl (C=O) groups is 2. The topological polar surface area (TPSA) is 125 Å². The number of carboxylic acids is 1. The van der Waals surface area contributed by atoms with E-state index in [-0.39, 0.29) is 30.7 Å². The molecule has 5 aromatic rings. The average molecular weight is 498 g/mol. The lowest BCUT2D eigenvalue weighted by Crippen LogP contribution is -2.27. The Kier molecular flexibility index (Phi) is 6.76. The number of benzene rings is 3. The molecule has 1 N–H and O–H groups in total. The fourth-order valence-corrected chi connectivity index (χ4v) is 4.15. The van der Waals surface area contributed by atoms with Gasteiger partial charge in [0.1, 0.15) is 29.7 Å². The van der Waals surface area contributed by atoms with Gasteiger partial charge < -0.3 is 14.3 Å². The number of ether oxygens (including phenoxy) is 1. The van der Waals surface area contributed by atoms with Gasteiger partial charge in [-0.2, -0.15) is 0 Å². The van der Waals surface area contributed by atoms with E-state index >= 15 is 0 Å². The van der Waals surface area contributed by atoms with Gasteiger partial charge >= 0.3 is 5.97 Å². The summed E-state index contributed by atoms with van der Waals surface area (Å²) in [4.78, 5) is 37.6. The van der Waals surface area contributed by atoms with Gasteiger partial charge in [-0.3, -0.25) is 14.4 Å². The number of carbonyl (C=O) groups excluding carboxylic acids is 1. The van der Waals surface area contributed by atoms with Gasteiger partial charge in [-0.15, -0.1) is 5.10 Å². The van der Waals surface area contributed by atoms with Crippen LogP contribution in [0.2, 0.25) is 0 Å². The van der Waals surface area contributed by atoms with Crippen LogP contribution in [-0.4, -0.2) is 31.9 Å². The summed E-state index contributed by atoms with van der Waals surface area (Å²) < 4.78 is 12.5. The van der Waals surface area contributed by atoms with Gasteiger partial charge in [0.25, 0.3) is 5.56 Å². The Labute approximate surface area is 210 Å². The van der Waals surface area contributed by atoms with Crippen LogP contribution in [-0.2, 0) is 17.9 Å². The molecule has 1 unspecified atom stereocenters. The minimum absolute atomic E-state index is 0.0230. The molecule has 0 radical (unpaired) electrons. The minimum atomic E-state index is -1.13. The third-order valence-electron chi connectivity index (χ3n) is 6.20. The fourth-order valence-electron chi connectivity index (χ4n) is 4.15. The van der Waals surface area contributed by atoms with Crippen molar-refractivity contribution in [2.45, 2.75) is 26.0 Å². The first kappa shape index (κ1) is 23.9. The summed E-state index contributed by atoms with van der Waals surface area (Å²) >= 11 is 0. The van der Waals surface area contributed by atoms with E-state index in [2.05, 4.69) is 10.3 Å². The van der Waals surface area contributed by atoms with Crippen LogP contribution < -0.4 is 10.3 Å². The molecule has 0 aliphatic rings. The molecule has 2 heterocycles. The van der Waals surface area contributed by atoms with Crippen LogP contribution in [0.15, 0.2) is 88.3 Å². The molecule has 5 rings (SSSR count). The first-order valence-electron chi connectivity index (χ1n) is 11.8. The van der Waals surface area contributed by atoms with Crippen LogP contribution in [0.5, 0.6) is 5.75 Å². The number of aryl methyl sites for hydroxylation is 1. The fraction of sp³-hybridized carbons (Fsp3) is 0.179. The summed E-state index contributed by atoms with van der Waals surface area (Å²) in [7, 11) is 0. The van der Waals surface area contributed by atoms with E-state index < -0.39 is 11.9 Å². The number of carboxylic acid groups (broad SMARTS) is 1. The number of furan rings is 1. The Hall–Kier alpha value is -4.79. The Morgan fingerprint density at radius 1 is 1.00 bits per heavy atom. The molecule has 0 amide bonds. The summed E-state index contributed by atoms with van der Waals surface area (Å²) in [5.74, 6) is -1.90. The number of hydrogen-bond donors (Lipinski definition) is 1. The number of Topliss-reactive ketones (excluding diaryl/α,β-unsaturated/α-hetero) is 1. The monoisotopic (exact) mass is 497 g/mol. The number of rotatable bonds is 10. The van der Waals surface area contributed by atoms with Crippen molar-refractivity contribution in [3.63, 3.8) is 0 Å². The number of nitrogens with zero attached hydrogens (tertiary/aromatic N) is 3. The van der Waals surface area contributed by atoms with Gasteiger partial charge in [0.15, 0.2) is 5.78 Å². The molecule has 0 saturated carbocycles. The highest BCUT2D eigenvalue weighted by Crippen LogP contribution is 2.28. The second kappa shape index (κ2) is 10.4. The summed E-state index contributed by atoms with van der Waals surface area (Å²) in [5.41, 5.74) is 1.91. The molecule has 0 fully saturated rings. The van der Waals surface area contributed by atoms with E-state index in [1.165, 1.54) is 6.26 Å². The Balaban J connectivity index is 1.27. The largest absolute Gasteiger partial charge is 0.489 e. The second-order valence-corrected chi connectivity index (χ2v) is 8.67. The maximum absolute atomic E-state index is 13.0. The van der Waals surface area contributed by atoms with Crippen molar-refractivity contribution in [3.05, 3.63) is 101 Å². The van der Waals surface area contributed by atoms with Crippen LogP contribution in [0, 0.1) is 5.92 Å². The van der Waals surface area contributed by atoms with E-state index in [1.807, 2.05) is 30.3 Å². The third kappa shape index (κ3) is 5.25. The highest BCUT2D eigenvalue weighted by Gasteiger charge is 2.25. The van der Waals surface area contributed by atoms with E-state index in [1.54, 1.807) is 42.5 Å². The molecule has 0 aliphatic carbocycles. The smallest absolute Gasteiger partial charge is 0.307 e. The Morgan fingerprint density at radius 2 is 1.78 bits per heavy atom. The predicted octanol–water partition coefficient (Wildman–Crippen LogP) is 4.48. The minimum Gasteiger partial charge on any atom is -0.489 e. The first-order valence-corrected chi connectivity index (χ1v) is 11.8. The summed E-state index contributed by atoms with van der Waals surface area (Å²) in [6, 6.07) is 21.7. The molecule has 0 saturated heterocycles. The lowest BCUT2D eigenvalue weighted by molar-refractivity contribution is -0.142. The van der Waals surface area contributed by atoms with Gasteiger partial charge in [0, 0.05) is 24.4 Å². The lowest BCUT2D eigenvalue weighted by atomic mass is 9.95. The molecular weight excluding hydrogens is 474 g/mol. The zero-order valence-corrected chi connectivity index (χ0v) is 19.7. The second-order valence-electron chi connectivity index (χ2n) is 8.67. The van der Waals surface area contributed by atoms with Gasteiger partial charge in [-0.25, -0.2) is 4.68 Å². The van der Waals surface area contributed by atoms with Crippen molar-refractivity contribution in [3.8, 4) is 5.75 Å². The molecule has 0 bridgehead atoms. The van der Waals surface area contributed by atoms with Gasteiger partial charge in [0.2, 0.25) is 0 Å². The summed E-state index contributed by atoms with van der Waals surface area (Å²) in [6.07, 6.45) is 1.14. The molecule has 9 heteroatoms. The number of aliphatic carboxylic acids is 1. The maximum Gasteiger partial charge on any atom is 0.307 e. The van der Waals surface area contributed by atoms with Gasteiger partial charge in [-0.1, -0.05) is 47.7 Å². The predicted molar refractivity (Wildman–Crippen MR) is 135 cm³/mol. The van der Waals surface area contributed by atoms with Crippen LogP contribution in [0.4, 0.5) is 0 Å². The molecule has 9 nitrogen and oxygen atoms in total. The Morgan fingerprint density at radius 3 is 2.59 bits per heavy atom. The van der Waals surface area contributed by atoms with Crippen molar-refractivity contribution in [2.75, 3.05) is 0 Å². The number of aromatic nitrogens is 3. The normalized spacial score (nSPS) is 12.0. The molecule has 0 aliphatic heterocycles. The van der Waals surface area contributed by atoms with E-state index in [9.17, 15) is 19.5 Å². The average Bonchev–Trinajstić information content (AvgIpc) is 3.35. The van der Waals surface area contributed by atoms with E-state index in [4.69, 9.17) is 9.15 Å². The van der Waals surface area contributed by atoms with Crippen molar-refractivity contribution in [2.24, 2.45) is 5.92 Å². The highest BCUT2D eigenvalue weighted by atomic mass is 16.5. The summed E-state index contributed by atoms with van der Waals surface area (Å²) in [6.45, 7) is 0.416. The number of hydrogen-bond acceptors (Lipinski definition) is 7. The lowest BCUT2D eigenvalue weighted by Gasteiger charge is -2.12. The maximum atomic E-state index is 13.0. The van der Waals surface area contributed by atoms with Gasteiger partial charge in [-0.05, 0) is 36.2 Å².